The van der Waals surface area contributed by atoms with Gasteiger partial charge in [0.25, 0.3) is 10.0 Å². The molecule has 3 heterocycles. The Morgan fingerprint density at radius 2 is 1.90 bits per heavy atom. The normalized spacial score (nSPS) is 20.5. The monoisotopic (exact) mass is 436 g/mol. The van der Waals surface area contributed by atoms with Crippen molar-refractivity contribution in [3.63, 3.8) is 0 Å². The van der Waals surface area contributed by atoms with Crippen LogP contribution in [0.5, 0.6) is 0 Å². The summed E-state index contributed by atoms with van der Waals surface area (Å²) < 4.78 is 41.1. The Hall–Kier alpha value is -1.77. The highest BCUT2D eigenvalue weighted by atomic mass is 32.2. The maximum atomic E-state index is 13.6. The molecule has 156 valence electrons. The van der Waals surface area contributed by atoms with Crippen molar-refractivity contribution in [3.05, 3.63) is 52.2 Å². The van der Waals surface area contributed by atoms with E-state index < -0.39 is 10.0 Å². The number of rotatable bonds is 4. The van der Waals surface area contributed by atoms with Crippen molar-refractivity contribution >= 4 is 27.3 Å². The Morgan fingerprint density at radius 1 is 1.14 bits per heavy atom. The van der Waals surface area contributed by atoms with E-state index in [1.54, 1.807) is 27.4 Å². The summed E-state index contributed by atoms with van der Waals surface area (Å²) >= 11 is 1.18. The lowest BCUT2D eigenvalue weighted by Gasteiger charge is -2.35. The molecule has 0 spiro atoms. The molecule has 1 atom stereocenters. The molecule has 1 unspecified atom stereocenters. The van der Waals surface area contributed by atoms with Crippen LogP contribution in [-0.4, -0.2) is 43.2 Å². The summed E-state index contributed by atoms with van der Waals surface area (Å²) in [6.07, 6.45) is 3.72. The van der Waals surface area contributed by atoms with Gasteiger partial charge in [-0.3, -0.25) is 4.79 Å². The number of carbonyl (C=O) groups excluding carboxylic acids is 1. The lowest BCUT2D eigenvalue weighted by Crippen LogP contribution is -2.39. The topological polar surface area (TPSA) is 57.7 Å². The summed E-state index contributed by atoms with van der Waals surface area (Å²) in [7, 11) is -3.47. The van der Waals surface area contributed by atoms with Crippen LogP contribution >= 0.6 is 11.3 Å². The minimum Gasteiger partial charge on any atom is -0.335 e. The zero-order valence-electron chi connectivity index (χ0n) is 16.4. The van der Waals surface area contributed by atoms with Crippen molar-refractivity contribution < 1.29 is 17.6 Å². The molecule has 4 rings (SSSR count). The van der Waals surface area contributed by atoms with Gasteiger partial charge >= 0.3 is 0 Å². The predicted octanol–water partition coefficient (Wildman–Crippen LogP) is 3.75. The highest BCUT2D eigenvalue weighted by Crippen LogP contribution is 2.32. The molecule has 1 aromatic heterocycles. The largest absolute Gasteiger partial charge is 0.335 e. The fourth-order valence-corrected chi connectivity index (χ4v) is 7.22. The summed E-state index contributed by atoms with van der Waals surface area (Å²) in [6, 6.07) is 7.91. The first-order valence-corrected chi connectivity index (χ1v) is 12.3. The lowest BCUT2D eigenvalue weighted by atomic mass is 9.93. The molecule has 0 N–H and O–H groups in total. The molecular formula is C21H25FN2O3S2. The molecule has 2 aromatic rings. The smallest absolute Gasteiger partial charge is 0.252 e. The minimum absolute atomic E-state index is 0.0591. The van der Waals surface area contributed by atoms with Crippen LogP contribution in [0.2, 0.25) is 0 Å². The van der Waals surface area contributed by atoms with E-state index in [2.05, 4.69) is 0 Å². The van der Waals surface area contributed by atoms with Gasteiger partial charge in [0.2, 0.25) is 5.91 Å². The van der Waals surface area contributed by atoms with Crippen LogP contribution in [0.4, 0.5) is 4.39 Å². The molecule has 0 aliphatic carbocycles. The number of hydrogen-bond acceptors (Lipinski definition) is 4. The first-order chi connectivity index (χ1) is 13.9. The number of amides is 1. The number of halogens is 1. The molecule has 0 radical (unpaired) electrons. The van der Waals surface area contributed by atoms with Gasteiger partial charge in [-0.15, -0.1) is 11.3 Å². The van der Waals surface area contributed by atoms with E-state index in [1.807, 2.05) is 6.92 Å². The zero-order valence-corrected chi connectivity index (χ0v) is 18.1. The molecule has 0 saturated carbocycles. The molecule has 2 aliphatic heterocycles. The third-order valence-corrected chi connectivity index (χ3v) is 9.29. The number of sulfonamides is 1. The van der Waals surface area contributed by atoms with Crippen molar-refractivity contribution in [2.45, 2.75) is 49.3 Å². The van der Waals surface area contributed by atoms with E-state index in [0.717, 1.165) is 35.3 Å². The van der Waals surface area contributed by atoms with Gasteiger partial charge in [-0.05, 0) is 61.6 Å². The fraction of sp³-hybridized carbons (Fsp3) is 0.476. The molecule has 2 aliphatic rings. The second-order valence-corrected chi connectivity index (χ2v) is 11.1. The second kappa shape index (κ2) is 8.16. The third-order valence-electron chi connectivity index (χ3n) is 5.84. The highest BCUT2D eigenvalue weighted by Gasteiger charge is 2.30. The summed E-state index contributed by atoms with van der Waals surface area (Å²) in [6.45, 7) is 3.63. The average molecular weight is 437 g/mol. The first kappa shape index (κ1) is 20.5. The molecule has 8 heteroatoms. The molecule has 0 bridgehead atoms. The van der Waals surface area contributed by atoms with Crippen LogP contribution in [0.3, 0.4) is 0 Å². The Balaban J connectivity index is 1.47. The van der Waals surface area contributed by atoms with Crippen molar-refractivity contribution in [2.75, 3.05) is 19.6 Å². The first-order valence-electron chi connectivity index (χ1n) is 10.0. The van der Waals surface area contributed by atoms with E-state index in [-0.39, 0.29) is 24.2 Å². The number of nitrogens with zero attached hydrogens (tertiary/aromatic N) is 2. The zero-order chi connectivity index (χ0) is 20.6. The van der Waals surface area contributed by atoms with Crippen LogP contribution in [-0.2, 0) is 27.7 Å². The van der Waals surface area contributed by atoms with E-state index in [4.69, 9.17) is 0 Å². The minimum atomic E-state index is -3.47. The van der Waals surface area contributed by atoms with Crippen LogP contribution in [0.15, 0.2) is 34.5 Å². The standard InChI is InChI=1S/C21H25FN2O3S2/c1-15-19-13-17(22)6-5-16(19)9-12-24(15)20(25)14-18-7-8-21(28-18)29(26,27)23-10-3-2-4-11-23/h5-8,13,15H,2-4,9-12,14H2,1H3. The van der Waals surface area contributed by atoms with E-state index in [9.17, 15) is 17.6 Å². The molecule has 5 nitrogen and oxygen atoms in total. The number of thiophene rings is 1. The van der Waals surface area contributed by atoms with Gasteiger partial charge in [0.05, 0.1) is 12.5 Å². The quantitative estimate of drug-likeness (QED) is 0.734. The average Bonchev–Trinajstić information content (AvgIpc) is 3.18. The van der Waals surface area contributed by atoms with Crippen LogP contribution in [0, 0.1) is 5.82 Å². The summed E-state index contributed by atoms with van der Waals surface area (Å²) in [5, 5.41) is 0. The van der Waals surface area contributed by atoms with Gasteiger partial charge in [-0.2, -0.15) is 4.31 Å². The van der Waals surface area contributed by atoms with Gasteiger partial charge in [-0.25, -0.2) is 12.8 Å². The van der Waals surface area contributed by atoms with E-state index in [0.29, 0.717) is 30.3 Å². The predicted molar refractivity (Wildman–Crippen MR) is 111 cm³/mol. The molecule has 1 aromatic carbocycles. The summed E-state index contributed by atoms with van der Waals surface area (Å²) in [4.78, 5) is 15.4. The number of hydrogen-bond donors (Lipinski definition) is 0. The lowest BCUT2D eigenvalue weighted by molar-refractivity contribution is -0.133. The Kier molecular flexibility index (Phi) is 5.77. The van der Waals surface area contributed by atoms with Crippen molar-refractivity contribution in [1.29, 1.82) is 0 Å². The molecule has 29 heavy (non-hydrogen) atoms. The van der Waals surface area contributed by atoms with Gasteiger partial charge in [0.1, 0.15) is 10.0 Å². The Bertz CT molecular complexity index is 1010. The molecule has 1 amide bonds. The SMILES string of the molecule is CC1c2cc(F)ccc2CCN1C(=O)Cc1ccc(S(=O)(=O)N2CCCCC2)s1. The maximum Gasteiger partial charge on any atom is 0.252 e. The number of benzene rings is 1. The van der Waals surface area contributed by atoms with Crippen molar-refractivity contribution in [2.24, 2.45) is 0 Å². The number of fused-ring (bicyclic) bond motifs is 1. The van der Waals surface area contributed by atoms with Gasteiger partial charge in [0, 0.05) is 24.5 Å². The summed E-state index contributed by atoms with van der Waals surface area (Å²) in [5.74, 6) is -0.355. The number of piperidine rings is 1. The van der Waals surface area contributed by atoms with Crippen molar-refractivity contribution in [1.82, 2.24) is 9.21 Å². The molecule has 1 fully saturated rings. The van der Waals surface area contributed by atoms with Gasteiger partial charge in [-0.1, -0.05) is 12.5 Å². The maximum absolute atomic E-state index is 13.6. The Morgan fingerprint density at radius 3 is 2.66 bits per heavy atom. The Labute approximate surface area is 175 Å². The summed E-state index contributed by atoms with van der Waals surface area (Å²) in [5.41, 5.74) is 1.93. The molecular weight excluding hydrogens is 411 g/mol. The second-order valence-electron chi connectivity index (χ2n) is 7.72. The van der Waals surface area contributed by atoms with Crippen LogP contribution < -0.4 is 0 Å². The third kappa shape index (κ3) is 4.11. The van der Waals surface area contributed by atoms with E-state index >= 15 is 0 Å². The van der Waals surface area contributed by atoms with E-state index in [1.165, 1.54) is 23.5 Å². The fourth-order valence-electron chi connectivity index (χ4n) is 4.20. The van der Waals surface area contributed by atoms with Crippen molar-refractivity contribution in [3.8, 4) is 0 Å². The van der Waals surface area contributed by atoms with Crippen LogP contribution in [0.25, 0.3) is 0 Å². The molecule has 1 saturated heterocycles. The van der Waals surface area contributed by atoms with Gasteiger partial charge < -0.3 is 4.90 Å². The highest BCUT2D eigenvalue weighted by molar-refractivity contribution is 7.91. The van der Waals surface area contributed by atoms with Crippen LogP contribution in [0.1, 0.15) is 48.2 Å². The van der Waals surface area contributed by atoms with Gasteiger partial charge in [0.15, 0.2) is 0 Å². The number of carbonyl (C=O) groups is 1.